The third-order valence-electron chi connectivity index (χ3n) is 11.0. The highest BCUT2D eigenvalue weighted by Crippen LogP contribution is 2.68. The zero-order valence-corrected chi connectivity index (χ0v) is 20.0. The maximum Gasteiger partial charge on any atom is 0.102 e. The highest BCUT2D eigenvalue weighted by Gasteiger charge is 2.61. The van der Waals surface area contributed by atoms with Crippen LogP contribution in [0.1, 0.15) is 91.0 Å². The van der Waals surface area contributed by atoms with Crippen molar-refractivity contribution in [1.82, 2.24) is 9.78 Å². The second-order valence-electron chi connectivity index (χ2n) is 12.6. The van der Waals surface area contributed by atoms with Gasteiger partial charge >= 0.3 is 0 Å². The van der Waals surface area contributed by atoms with Crippen molar-refractivity contribution in [2.75, 3.05) is 0 Å². The van der Waals surface area contributed by atoms with Gasteiger partial charge in [0.15, 0.2) is 0 Å². The summed E-state index contributed by atoms with van der Waals surface area (Å²) in [6.07, 6.45) is 15.0. The Bertz CT molecular complexity index is 868. The molecule has 0 spiro atoms. The van der Waals surface area contributed by atoms with Crippen molar-refractivity contribution in [3.8, 4) is 6.07 Å². The molecule has 4 nitrogen and oxygen atoms in total. The summed E-state index contributed by atoms with van der Waals surface area (Å²) in [5.74, 6) is 4.67. The van der Waals surface area contributed by atoms with E-state index in [2.05, 4.69) is 38.9 Å². The summed E-state index contributed by atoms with van der Waals surface area (Å²) in [6.45, 7) is 10.6. The van der Waals surface area contributed by atoms with Crippen LogP contribution in [0, 0.1) is 57.7 Å². The quantitative estimate of drug-likeness (QED) is 0.668. The SMILES string of the molecule is C[C@@H](Cn1cc(C#N)cn1)[C@H]1CC[C@H]2[C@@H]3CC[C@@H]4C[C@](C)(O)CC[C@]4(C)[C@H]3CC[C@]12C. The van der Waals surface area contributed by atoms with Crippen molar-refractivity contribution in [2.24, 2.45) is 46.3 Å². The van der Waals surface area contributed by atoms with E-state index in [-0.39, 0.29) is 0 Å². The molecule has 1 N–H and O–H groups in total. The highest BCUT2D eigenvalue weighted by atomic mass is 16.3. The molecular formula is C27H41N3O. The Morgan fingerprint density at radius 2 is 1.87 bits per heavy atom. The minimum Gasteiger partial charge on any atom is -0.390 e. The van der Waals surface area contributed by atoms with E-state index in [1.54, 1.807) is 6.20 Å². The minimum absolute atomic E-state index is 0.438. The minimum atomic E-state index is -0.438. The van der Waals surface area contributed by atoms with Gasteiger partial charge in [-0.15, -0.1) is 0 Å². The summed E-state index contributed by atoms with van der Waals surface area (Å²) in [6, 6.07) is 2.21. The first-order valence-electron chi connectivity index (χ1n) is 12.8. The van der Waals surface area contributed by atoms with Crippen LogP contribution in [0.15, 0.2) is 12.4 Å². The van der Waals surface area contributed by atoms with Crippen molar-refractivity contribution in [3.63, 3.8) is 0 Å². The van der Waals surface area contributed by atoms with Crippen molar-refractivity contribution in [2.45, 2.75) is 97.6 Å². The molecule has 4 saturated carbocycles. The lowest BCUT2D eigenvalue weighted by Crippen LogP contribution is -2.55. The van der Waals surface area contributed by atoms with E-state index >= 15 is 0 Å². The third-order valence-corrected chi connectivity index (χ3v) is 11.0. The lowest BCUT2D eigenvalue weighted by Gasteiger charge is -2.62. The van der Waals surface area contributed by atoms with Crippen LogP contribution in [-0.2, 0) is 6.54 Å². The van der Waals surface area contributed by atoms with Gasteiger partial charge in [-0.25, -0.2) is 0 Å². The predicted octanol–water partition coefficient (Wildman–Crippen LogP) is 5.80. The standard InChI is InChI=1S/C27H41N3O/c1-18(16-30-17-19(14-28)15-29-30)22-7-8-23-21-6-5-20-13-25(2,31)11-12-26(20,3)24(21)9-10-27(22,23)4/h15,17-18,20-24,31H,5-13,16H2,1-4H3/t18-,20+,21-,22+,23-,24-,25+,26-,27+/m0/s1. The fourth-order valence-corrected chi connectivity index (χ4v) is 9.35. The van der Waals surface area contributed by atoms with Gasteiger partial charge in [-0.3, -0.25) is 4.68 Å². The van der Waals surface area contributed by atoms with Gasteiger partial charge in [0, 0.05) is 12.7 Å². The van der Waals surface area contributed by atoms with Crippen molar-refractivity contribution in [3.05, 3.63) is 18.0 Å². The van der Waals surface area contributed by atoms with Gasteiger partial charge in [-0.05, 0) is 111 Å². The fourth-order valence-electron chi connectivity index (χ4n) is 9.35. The second kappa shape index (κ2) is 7.34. The summed E-state index contributed by atoms with van der Waals surface area (Å²) >= 11 is 0. The molecule has 5 rings (SSSR count). The highest BCUT2D eigenvalue weighted by molar-refractivity contribution is 5.21. The van der Waals surface area contributed by atoms with Gasteiger partial charge in [0.05, 0.1) is 17.4 Å². The van der Waals surface area contributed by atoms with E-state index in [1.807, 2.05) is 10.9 Å². The van der Waals surface area contributed by atoms with E-state index in [0.29, 0.717) is 28.2 Å². The average molecular weight is 424 g/mol. The Morgan fingerprint density at radius 1 is 1.10 bits per heavy atom. The molecule has 1 heterocycles. The van der Waals surface area contributed by atoms with E-state index < -0.39 is 5.60 Å². The van der Waals surface area contributed by atoms with Crippen molar-refractivity contribution < 1.29 is 5.11 Å². The zero-order valence-electron chi connectivity index (χ0n) is 20.0. The molecule has 31 heavy (non-hydrogen) atoms. The number of nitrogens with zero attached hydrogens (tertiary/aromatic N) is 3. The van der Waals surface area contributed by atoms with Crippen molar-refractivity contribution in [1.29, 1.82) is 5.26 Å². The van der Waals surface area contributed by atoms with Crippen LogP contribution in [0.5, 0.6) is 0 Å². The normalized spacial score (nSPS) is 47.7. The number of aliphatic hydroxyl groups is 1. The molecule has 0 radical (unpaired) electrons. The van der Waals surface area contributed by atoms with Gasteiger partial charge in [-0.1, -0.05) is 20.8 Å². The zero-order chi connectivity index (χ0) is 22.0. The van der Waals surface area contributed by atoms with Crippen LogP contribution in [-0.4, -0.2) is 20.5 Å². The van der Waals surface area contributed by atoms with E-state index in [1.165, 1.54) is 44.9 Å². The predicted molar refractivity (Wildman–Crippen MR) is 122 cm³/mol. The lowest BCUT2D eigenvalue weighted by molar-refractivity contribution is -0.148. The molecule has 0 saturated heterocycles. The molecule has 4 aliphatic carbocycles. The summed E-state index contributed by atoms with van der Waals surface area (Å²) in [5.41, 5.74) is 1.12. The van der Waals surface area contributed by atoms with Crippen molar-refractivity contribution >= 4 is 0 Å². The van der Waals surface area contributed by atoms with E-state index in [4.69, 9.17) is 5.26 Å². The molecule has 0 amide bonds. The number of nitriles is 1. The van der Waals surface area contributed by atoms with Gasteiger partial charge in [0.1, 0.15) is 6.07 Å². The summed E-state index contributed by atoms with van der Waals surface area (Å²) < 4.78 is 1.99. The maximum absolute atomic E-state index is 10.7. The van der Waals surface area contributed by atoms with E-state index in [9.17, 15) is 5.11 Å². The molecule has 9 atom stereocenters. The molecule has 170 valence electrons. The number of hydrogen-bond acceptors (Lipinski definition) is 3. The second-order valence-corrected chi connectivity index (χ2v) is 12.6. The third kappa shape index (κ3) is 3.38. The molecule has 1 aromatic rings. The van der Waals surface area contributed by atoms with Crippen LogP contribution in [0.3, 0.4) is 0 Å². The number of aromatic nitrogens is 2. The Hall–Kier alpha value is -1.34. The van der Waals surface area contributed by atoms with Crippen LogP contribution in [0.25, 0.3) is 0 Å². The molecule has 4 aliphatic rings. The first-order chi connectivity index (χ1) is 14.7. The largest absolute Gasteiger partial charge is 0.390 e. The number of hydrogen-bond donors (Lipinski definition) is 1. The average Bonchev–Trinajstić information content (AvgIpc) is 3.31. The molecule has 0 aromatic carbocycles. The molecule has 0 bridgehead atoms. The molecular weight excluding hydrogens is 382 g/mol. The lowest BCUT2D eigenvalue weighted by atomic mass is 9.43. The van der Waals surface area contributed by atoms with Gasteiger partial charge in [-0.2, -0.15) is 10.4 Å². The van der Waals surface area contributed by atoms with E-state index in [0.717, 1.165) is 43.1 Å². The van der Waals surface area contributed by atoms with Crippen LogP contribution < -0.4 is 0 Å². The Morgan fingerprint density at radius 3 is 2.61 bits per heavy atom. The van der Waals surface area contributed by atoms with Gasteiger partial charge in [0.2, 0.25) is 0 Å². The monoisotopic (exact) mass is 423 g/mol. The van der Waals surface area contributed by atoms with Crippen LogP contribution in [0.2, 0.25) is 0 Å². The van der Waals surface area contributed by atoms with Crippen LogP contribution >= 0.6 is 0 Å². The first-order valence-corrected chi connectivity index (χ1v) is 12.8. The Labute approximate surface area is 188 Å². The topological polar surface area (TPSA) is 61.8 Å². The summed E-state index contributed by atoms with van der Waals surface area (Å²) in [5, 5.41) is 24.3. The smallest absolute Gasteiger partial charge is 0.102 e. The van der Waals surface area contributed by atoms with Gasteiger partial charge < -0.3 is 5.11 Å². The Kier molecular flexibility index (Phi) is 5.09. The number of rotatable bonds is 3. The summed E-state index contributed by atoms with van der Waals surface area (Å²) in [4.78, 5) is 0. The molecule has 0 aliphatic heterocycles. The number of fused-ring (bicyclic) bond motifs is 5. The van der Waals surface area contributed by atoms with Gasteiger partial charge in [0.25, 0.3) is 0 Å². The molecule has 1 aromatic heterocycles. The summed E-state index contributed by atoms with van der Waals surface area (Å²) in [7, 11) is 0. The maximum atomic E-state index is 10.7. The molecule has 0 unspecified atom stereocenters. The van der Waals surface area contributed by atoms with Crippen LogP contribution in [0.4, 0.5) is 0 Å². The molecule has 4 heteroatoms. The Balaban J connectivity index is 1.33. The first kappa shape index (κ1) is 21.5. The fraction of sp³-hybridized carbons (Fsp3) is 0.852. The molecule has 4 fully saturated rings.